The number of halogens is 1. The molecule has 29 heavy (non-hydrogen) atoms. The van der Waals surface area contributed by atoms with Crippen molar-refractivity contribution in [3.63, 3.8) is 0 Å². The summed E-state index contributed by atoms with van der Waals surface area (Å²) in [6.07, 6.45) is -0.728. The van der Waals surface area contributed by atoms with Gasteiger partial charge in [-0.2, -0.15) is 0 Å². The number of amides is 1. The van der Waals surface area contributed by atoms with Gasteiger partial charge in [0, 0.05) is 18.3 Å². The minimum atomic E-state index is -3.79. The first kappa shape index (κ1) is 20.6. The lowest BCUT2D eigenvalue weighted by atomic mass is 9.93. The lowest BCUT2D eigenvalue weighted by molar-refractivity contribution is 0.155. The maximum atomic E-state index is 14.5. The third-order valence-electron chi connectivity index (χ3n) is 4.62. The summed E-state index contributed by atoms with van der Waals surface area (Å²) in [5, 5.41) is 13.1. The fourth-order valence-electron chi connectivity index (χ4n) is 3.02. The highest BCUT2D eigenvalue weighted by atomic mass is 32.2. The molecule has 0 bridgehead atoms. The number of rotatable bonds is 4. The maximum absolute atomic E-state index is 14.5. The molecule has 2 aromatic carbocycles. The van der Waals surface area contributed by atoms with Gasteiger partial charge in [-0.25, -0.2) is 21.9 Å². The average molecular weight is 420 g/mol. The van der Waals surface area contributed by atoms with Crippen LogP contribution in [0.15, 0.2) is 48.5 Å². The van der Waals surface area contributed by atoms with E-state index in [0.29, 0.717) is 0 Å². The summed E-state index contributed by atoms with van der Waals surface area (Å²) < 4.78 is 45.1. The van der Waals surface area contributed by atoms with Gasteiger partial charge in [0.15, 0.2) is 0 Å². The van der Waals surface area contributed by atoms with Gasteiger partial charge >= 0.3 is 6.09 Å². The average Bonchev–Trinajstić information content (AvgIpc) is 2.66. The van der Waals surface area contributed by atoms with Gasteiger partial charge in [-0.1, -0.05) is 30.3 Å². The van der Waals surface area contributed by atoms with Crippen LogP contribution in [0.1, 0.15) is 18.1 Å². The highest BCUT2D eigenvalue weighted by Gasteiger charge is 2.43. The summed E-state index contributed by atoms with van der Waals surface area (Å²) in [4.78, 5) is 12.1. The van der Waals surface area contributed by atoms with Crippen molar-refractivity contribution in [3.8, 4) is 0 Å². The number of nitrogens with zero attached hydrogens (tertiary/aromatic N) is 1. The first-order valence-corrected chi connectivity index (χ1v) is 10.3. The number of carbonyl (C=O) groups excluding carboxylic acids is 1. The van der Waals surface area contributed by atoms with E-state index in [4.69, 9.17) is 10.1 Å². The Balaban J connectivity index is 1.77. The third-order valence-corrected chi connectivity index (χ3v) is 6.58. The Labute approximate surface area is 168 Å². The predicted octanol–water partition coefficient (Wildman–Crippen LogP) is 2.59. The van der Waals surface area contributed by atoms with Crippen LogP contribution in [-0.4, -0.2) is 37.6 Å². The SMILES string of the molecule is CN1C(=N)N[C@](C)(c2cc(NC(=O)OCc3ccccc3)ccc2F)CS1(=O)=O. The Kier molecular flexibility index (Phi) is 5.47. The van der Waals surface area contributed by atoms with Gasteiger partial charge in [-0.3, -0.25) is 10.7 Å². The van der Waals surface area contributed by atoms with Gasteiger partial charge < -0.3 is 10.1 Å². The first-order chi connectivity index (χ1) is 13.6. The molecule has 154 valence electrons. The molecule has 0 aliphatic carbocycles. The number of guanidine groups is 1. The molecule has 0 radical (unpaired) electrons. The van der Waals surface area contributed by atoms with Gasteiger partial charge in [0.25, 0.3) is 0 Å². The summed E-state index contributed by atoms with van der Waals surface area (Å²) in [6.45, 7) is 1.56. The fourth-order valence-corrected chi connectivity index (χ4v) is 4.50. The molecule has 3 N–H and O–H groups in total. The third kappa shape index (κ3) is 4.48. The van der Waals surface area contributed by atoms with Crippen LogP contribution in [0.25, 0.3) is 0 Å². The number of carbonyl (C=O) groups is 1. The molecule has 0 spiro atoms. The molecule has 1 aliphatic rings. The Morgan fingerprint density at radius 3 is 2.66 bits per heavy atom. The summed E-state index contributed by atoms with van der Waals surface area (Å²) >= 11 is 0. The lowest BCUT2D eigenvalue weighted by Crippen LogP contribution is -2.61. The van der Waals surface area contributed by atoms with Gasteiger partial charge in [0.1, 0.15) is 12.4 Å². The molecule has 8 nitrogen and oxygen atoms in total. The molecule has 10 heteroatoms. The normalized spacial score (nSPS) is 20.7. The van der Waals surface area contributed by atoms with Crippen molar-refractivity contribution in [1.29, 1.82) is 5.41 Å². The molecule has 0 aromatic heterocycles. The molecule has 0 unspecified atom stereocenters. The van der Waals surface area contributed by atoms with E-state index in [0.717, 1.165) is 15.9 Å². The van der Waals surface area contributed by atoms with E-state index in [1.165, 1.54) is 26.1 Å². The van der Waals surface area contributed by atoms with Crippen LogP contribution in [0.4, 0.5) is 14.9 Å². The molecule has 1 aliphatic heterocycles. The number of nitrogens with one attached hydrogen (secondary N) is 3. The second-order valence-electron chi connectivity index (χ2n) is 6.91. The molecule has 1 amide bonds. The smallest absolute Gasteiger partial charge is 0.411 e. The van der Waals surface area contributed by atoms with Crippen molar-refractivity contribution in [2.45, 2.75) is 19.1 Å². The van der Waals surface area contributed by atoms with Gasteiger partial charge in [0.2, 0.25) is 16.0 Å². The predicted molar refractivity (Wildman–Crippen MR) is 106 cm³/mol. The molecule has 0 saturated carbocycles. The van der Waals surface area contributed by atoms with E-state index in [1.807, 2.05) is 30.3 Å². The van der Waals surface area contributed by atoms with Crippen molar-refractivity contribution in [2.75, 3.05) is 18.1 Å². The summed E-state index contributed by atoms with van der Waals surface area (Å²) in [5.41, 5.74) is -0.308. The van der Waals surface area contributed by atoms with Crippen molar-refractivity contribution in [3.05, 3.63) is 65.5 Å². The maximum Gasteiger partial charge on any atom is 0.411 e. The minimum Gasteiger partial charge on any atom is -0.444 e. The van der Waals surface area contributed by atoms with E-state index in [9.17, 15) is 17.6 Å². The van der Waals surface area contributed by atoms with Gasteiger partial charge in [0.05, 0.1) is 11.3 Å². The number of hydrogen-bond acceptors (Lipinski definition) is 5. The number of anilines is 1. The standard InChI is InChI=1S/C19H21FN4O4S/c1-19(12-29(26,27)24(2)17(21)23-19)15-10-14(8-9-16(15)20)22-18(25)28-11-13-6-4-3-5-7-13/h3-10H,11-12H2,1-2H3,(H2,21,23)(H,22,25)/t19-/m0/s1. The number of ether oxygens (including phenoxy) is 1. The van der Waals surface area contributed by atoms with Crippen molar-refractivity contribution in [2.24, 2.45) is 0 Å². The quantitative estimate of drug-likeness (QED) is 0.704. The summed E-state index contributed by atoms with van der Waals surface area (Å²) in [5.74, 6) is -1.47. The van der Waals surface area contributed by atoms with Crippen molar-refractivity contribution in [1.82, 2.24) is 9.62 Å². The summed E-state index contributed by atoms with van der Waals surface area (Å²) in [6, 6.07) is 12.9. The number of benzene rings is 2. The van der Waals surface area contributed by atoms with Gasteiger partial charge in [-0.05, 0) is 30.7 Å². The van der Waals surface area contributed by atoms with Crippen molar-refractivity contribution < 1.29 is 22.3 Å². The van der Waals surface area contributed by atoms with Crippen molar-refractivity contribution >= 4 is 27.8 Å². The number of sulfonamides is 1. The first-order valence-electron chi connectivity index (χ1n) is 8.72. The molecular weight excluding hydrogens is 399 g/mol. The van der Waals surface area contributed by atoms with E-state index >= 15 is 0 Å². The van der Waals surface area contributed by atoms with Crippen LogP contribution in [0, 0.1) is 11.2 Å². The minimum absolute atomic E-state index is 0.0137. The van der Waals surface area contributed by atoms with E-state index < -0.39 is 33.2 Å². The fraction of sp³-hybridized carbons (Fsp3) is 0.263. The molecular formula is C19H21FN4O4S. The second kappa shape index (κ2) is 7.70. The van der Waals surface area contributed by atoms with Gasteiger partial charge in [-0.15, -0.1) is 0 Å². The van der Waals surface area contributed by atoms with Crippen LogP contribution in [0.3, 0.4) is 0 Å². The number of hydrogen-bond donors (Lipinski definition) is 3. The molecule has 1 fully saturated rings. The lowest BCUT2D eigenvalue weighted by Gasteiger charge is -2.40. The zero-order valence-corrected chi connectivity index (χ0v) is 16.7. The zero-order chi connectivity index (χ0) is 21.2. The van der Waals surface area contributed by atoms with Crippen LogP contribution in [-0.2, 0) is 26.9 Å². The Morgan fingerprint density at radius 2 is 2.00 bits per heavy atom. The van der Waals surface area contributed by atoms with Crippen LogP contribution in [0.2, 0.25) is 0 Å². The van der Waals surface area contributed by atoms with E-state index in [-0.39, 0.29) is 23.8 Å². The van der Waals surface area contributed by atoms with E-state index in [2.05, 4.69) is 10.6 Å². The monoisotopic (exact) mass is 420 g/mol. The molecule has 1 saturated heterocycles. The highest BCUT2D eigenvalue weighted by molar-refractivity contribution is 7.89. The molecule has 3 rings (SSSR count). The molecule has 2 aromatic rings. The Morgan fingerprint density at radius 1 is 1.31 bits per heavy atom. The summed E-state index contributed by atoms with van der Waals surface area (Å²) in [7, 11) is -2.54. The van der Waals surface area contributed by atoms with Crippen LogP contribution in [0.5, 0.6) is 0 Å². The molecule has 1 heterocycles. The highest BCUT2D eigenvalue weighted by Crippen LogP contribution is 2.31. The second-order valence-corrected chi connectivity index (χ2v) is 8.91. The topological polar surface area (TPSA) is 112 Å². The van der Waals surface area contributed by atoms with Crippen LogP contribution < -0.4 is 10.6 Å². The Hall–Kier alpha value is -3.14. The molecule has 1 atom stereocenters. The van der Waals surface area contributed by atoms with E-state index in [1.54, 1.807) is 0 Å². The largest absolute Gasteiger partial charge is 0.444 e. The Bertz CT molecular complexity index is 1050. The van der Waals surface area contributed by atoms with Crippen LogP contribution >= 0.6 is 0 Å². The zero-order valence-electron chi connectivity index (χ0n) is 15.9.